The van der Waals surface area contributed by atoms with Gasteiger partial charge >= 0.3 is 5.97 Å². The number of H-pyrrole nitrogens is 1. The molecule has 0 aliphatic carbocycles. The predicted molar refractivity (Wildman–Crippen MR) is 83.0 cm³/mol. The van der Waals surface area contributed by atoms with E-state index in [-0.39, 0.29) is 11.6 Å². The highest BCUT2D eigenvalue weighted by Crippen LogP contribution is 2.30. The van der Waals surface area contributed by atoms with Gasteiger partial charge in [-0.3, -0.25) is 9.89 Å². The highest BCUT2D eigenvalue weighted by Gasteiger charge is 2.22. The molecule has 0 bridgehead atoms. The molecule has 1 aromatic heterocycles. The Hall–Kier alpha value is -2.70. The molecule has 1 amide bonds. The van der Waals surface area contributed by atoms with Crippen molar-refractivity contribution >= 4 is 11.9 Å². The van der Waals surface area contributed by atoms with E-state index in [1.165, 1.54) is 5.56 Å². The lowest BCUT2D eigenvalue weighted by Crippen LogP contribution is -2.36. The van der Waals surface area contributed by atoms with E-state index in [2.05, 4.69) is 15.4 Å². The molecule has 7 nitrogen and oxygen atoms in total. The van der Waals surface area contributed by atoms with Crippen LogP contribution in [0.1, 0.15) is 41.7 Å². The molecule has 2 aromatic rings. The van der Waals surface area contributed by atoms with Gasteiger partial charge in [0.1, 0.15) is 5.69 Å². The number of nitrogens with one attached hydrogen (secondary N) is 1. The number of piperidine rings is 1. The third kappa shape index (κ3) is 3.08. The summed E-state index contributed by atoms with van der Waals surface area (Å²) in [6, 6.07) is 7.75. The van der Waals surface area contributed by atoms with Crippen LogP contribution < -0.4 is 0 Å². The zero-order valence-corrected chi connectivity index (χ0v) is 12.8. The smallest absolute Gasteiger partial charge is 0.356 e. The highest BCUT2D eigenvalue weighted by atomic mass is 16.4. The lowest BCUT2D eigenvalue weighted by atomic mass is 9.88. The number of carbonyl (C=O) groups excluding carboxylic acids is 1. The second-order valence-electron chi connectivity index (χ2n) is 5.74. The van der Waals surface area contributed by atoms with Gasteiger partial charge in [0.15, 0.2) is 5.69 Å². The van der Waals surface area contributed by atoms with Crippen LogP contribution in [0.5, 0.6) is 0 Å². The van der Waals surface area contributed by atoms with Crippen molar-refractivity contribution in [3.05, 3.63) is 35.5 Å². The Kier molecular flexibility index (Phi) is 4.10. The number of likely N-dealkylation sites (tertiary alicyclic amines) is 1. The van der Waals surface area contributed by atoms with Crippen molar-refractivity contribution in [3.63, 3.8) is 0 Å². The lowest BCUT2D eigenvalue weighted by molar-refractivity contribution is -0.129. The molecule has 0 spiro atoms. The van der Waals surface area contributed by atoms with Crippen LogP contribution in [-0.4, -0.2) is 50.4 Å². The maximum absolute atomic E-state index is 11.4. The summed E-state index contributed by atoms with van der Waals surface area (Å²) in [5.74, 6) is -0.521. The SMILES string of the molecule is CC(=O)N1CCC(c2ccc(-c3nn[nH]c3C(=O)O)cc2)CC1. The van der Waals surface area contributed by atoms with Gasteiger partial charge in [0.05, 0.1) is 0 Å². The number of carboxylic acid groups (broad SMARTS) is 1. The van der Waals surface area contributed by atoms with Gasteiger partial charge in [-0.05, 0) is 24.3 Å². The van der Waals surface area contributed by atoms with Gasteiger partial charge in [-0.2, -0.15) is 0 Å². The number of nitrogens with zero attached hydrogens (tertiary/aromatic N) is 3. The first kappa shape index (κ1) is 15.2. The van der Waals surface area contributed by atoms with Crippen molar-refractivity contribution in [2.24, 2.45) is 0 Å². The van der Waals surface area contributed by atoms with Crippen LogP contribution in [0.2, 0.25) is 0 Å². The Bertz CT molecular complexity index is 715. The fourth-order valence-electron chi connectivity index (χ4n) is 3.02. The third-order valence-electron chi connectivity index (χ3n) is 4.36. The molecule has 23 heavy (non-hydrogen) atoms. The van der Waals surface area contributed by atoms with E-state index >= 15 is 0 Å². The second kappa shape index (κ2) is 6.20. The van der Waals surface area contributed by atoms with E-state index in [9.17, 15) is 9.59 Å². The fraction of sp³-hybridized carbons (Fsp3) is 0.375. The molecule has 120 valence electrons. The topological polar surface area (TPSA) is 99.2 Å². The molecule has 7 heteroatoms. The van der Waals surface area contributed by atoms with Crippen LogP contribution in [-0.2, 0) is 4.79 Å². The van der Waals surface area contributed by atoms with E-state index in [0.29, 0.717) is 11.6 Å². The zero-order chi connectivity index (χ0) is 16.4. The van der Waals surface area contributed by atoms with Crippen molar-refractivity contribution in [1.29, 1.82) is 0 Å². The first-order chi connectivity index (χ1) is 11.1. The van der Waals surface area contributed by atoms with Crippen LogP contribution in [0, 0.1) is 0 Å². The number of hydrogen-bond acceptors (Lipinski definition) is 4. The molecular formula is C16H18N4O3. The summed E-state index contributed by atoms with van der Waals surface area (Å²) in [7, 11) is 0. The largest absolute Gasteiger partial charge is 0.476 e. The Morgan fingerprint density at radius 1 is 1.22 bits per heavy atom. The Labute approximate surface area is 133 Å². The number of aromatic nitrogens is 3. The molecule has 1 aliphatic heterocycles. The predicted octanol–water partition coefficient (Wildman–Crippen LogP) is 1.90. The average Bonchev–Trinajstić information content (AvgIpc) is 3.05. The van der Waals surface area contributed by atoms with Gasteiger partial charge in [-0.15, -0.1) is 5.10 Å². The quantitative estimate of drug-likeness (QED) is 0.901. The van der Waals surface area contributed by atoms with Crippen LogP contribution >= 0.6 is 0 Å². The molecule has 1 fully saturated rings. The average molecular weight is 314 g/mol. The molecule has 1 saturated heterocycles. The number of aromatic carboxylic acids is 1. The number of carboxylic acids is 1. The van der Waals surface area contributed by atoms with Crippen LogP contribution in [0.3, 0.4) is 0 Å². The molecule has 1 aromatic carbocycles. The number of carbonyl (C=O) groups is 2. The summed E-state index contributed by atoms with van der Waals surface area (Å²) in [6.45, 7) is 3.18. The number of benzene rings is 1. The summed E-state index contributed by atoms with van der Waals surface area (Å²) >= 11 is 0. The van der Waals surface area contributed by atoms with E-state index in [0.717, 1.165) is 31.5 Å². The van der Waals surface area contributed by atoms with Gasteiger partial charge in [0.25, 0.3) is 0 Å². The molecule has 0 saturated carbocycles. The van der Waals surface area contributed by atoms with Crippen LogP contribution in [0.15, 0.2) is 24.3 Å². The lowest BCUT2D eigenvalue weighted by Gasteiger charge is -2.31. The van der Waals surface area contributed by atoms with E-state index < -0.39 is 5.97 Å². The highest BCUT2D eigenvalue weighted by molar-refractivity contribution is 5.92. The molecule has 0 radical (unpaired) electrons. The van der Waals surface area contributed by atoms with Crippen molar-refractivity contribution in [2.45, 2.75) is 25.7 Å². The number of hydrogen-bond donors (Lipinski definition) is 2. The molecule has 0 atom stereocenters. The van der Waals surface area contributed by atoms with Crippen molar-refractivity contribution in [3.8, 4) is 11.3 Å². The summed E-state index contributed by atoms with van der Waals surface area (Å²) in [5.41, 5.74) is 2.27. The van der Waals surface area contributed by atoms with Crippen molar-refractivity contribution < 1.29 is 14.7 Å². The van der Waals surface area contributed by atoms with Crippen LogP contribution in [0.4, 0.5) is 0 Å². The molecule has 3 rings (SSSR count). The van der Waals surface area contributed by atoms with E-state index in [4.69, 9.17) is 5.11 Å². The molecule has 2 heterocycles. The third-order valence-corrected chi connectivity index (χ3v) is 4.36. The van der Waals surface area contributed by atoms with Crippen LogP contribution in [0.25, 0.3) is 11.3 Å². The molecular weight excluding hydrogens is 296 g/mol. The van der Waals surface area contributed by atoms with Gasteiger partial charge in [-0.25, -0.2) is 4.79 Å². The second-order valence-corrected chi connectivity index (χ2v) is 5.74. The normalized spacial score (nSPS) is 15.6. The standard InChI is InChI=1S/C16H18N4O3/c1-10(21)20-8-6-12(7-9-20)11-2-4-13(5-3-11)14-15(16(22)23)18-19-17-14/h2-5,12H,6-9H2,1H3,(H,22,23)(H,17,18,19). The first-order valence-electron chi connectivity index (χ1n) is 7.56. The molecule has 1 aliphatic rings. The maximum Gasteiger partial charge on any atom is 0.356 e. The molecule has 0 unspecified atom stereocenters. The Balaban J connectivity index is 1.74. The summed E-state index contributed by atoms with van der Waals surface area (Å²) in [4.78, 5) is 24.4. The van der Waals surface area contributed by atoms with E-state index in [1.807, 2.05) is 29.2 Å². The van der Waals surface area contributed by atoms with Gasteiger partial charge in [0, 0.05) is 25.6 Å². The Morgan fingerprint density at radius 3 is 2.43 bits per heavy atom. The van der Waals surface area contributed by atoms with Gasteiger partial charge in [-0.1, -0.05) is 29.5 Å². The fourth-order valence-corrected chi connectivity index (χ4v) is 3.02. The molecule has 2 N–H and O–H groups in total. The van der Waals surface area contributed by atoms with Gasteiger partial charge in [0.2, 0.25) is 5.91 Å². The summed E-state index contributed by atoms with van der Waals surface area (Å²) < 4.78 is 0. The van der Waals surface area contributed by atoms with Crippen molar-refractivity contribution in [2.75, 3.05) is 13.1 Å². The maximum atomic E-state index is 11.4. The van der Waals surface area contributed by atoms with E-state index in [1.54, 1.807) is 6.92 Å². The summed E-state index contributed by atoms with van der Waals surface area (Å²) in [5, 5.41) is 18.9. The number of rotatable bonds is 3. The number of aromatic amines is 1. The monoisotopic (exact) mass is 314 g/mol. The Morgan fingerprint density at radius 2 is 1.87 bits per heavy atom. The first-order valence-corrected chi connectivity index (χ1v) is 7.56. The minimum Gasteiger partial charge on any atom is -0.476 e. The van der Waals surface area contributed by atoms with Gasteiger partial charge < -0.3 is 10.0 Å². The minimum absolute atomic E-state index is 0.00693. The zero-order valence-electron chi connectivity index (χ0n) is 12.8. The summed E-state index contributed by atoms with van der Waals surface area (Å²) in [6.07, 6.45) is 1.90. The minimum atomic E-state index is -1.08. The number of amides is 1. The van der Waals surface area contributed by atoms with Crippen molar-refractivity contribution in [1.82, 2.24) is 20.3 Å².